The molecule has 0 aromatic heterocycles. The molecule has 0 amide bonds. The van der Waals surface area contributed by atoms with Gasteiger partial charge in [-0.15, -0.1) is 5.98 Å². The van der Waals surface area contributed by atoms with Crippen LogP contribution in [0.25, 0.3) is 0 Å². The van der Waals surface area contributed by atoms with Crippen LogP contribution in [0.4, 0.5) is 8.78 Å². The maximum absolute atomic E-state index is 11.8. The van der Waals surface area contributed by atoms with E-state index in [-0.39, 0.29) is 0 Å². The molecule has 0 atom stereocenters. The largest absolute Gasteiger partial charge is 0.329 e. The molecule has 0 N–H and O–H groups in total. The van der Waals surface area contributed by atoms with Crippen LogP contribution in [0.3, 0.4) is 0 Å². The Balaban J connectivity index is 3.97. The van der Waals surface area contributed by atoms with Crippen molar-refractivity contribution in [1.29, 1.82) is 0 Å². The van der Waals surface area contributed by atoms with Gasteiger partial charge in [0.25, 0.3) is 0 Å². The van der Waals surface area contributed by atoms with Gasteiger partial charge in [0.1, 0.15) is 7.28 Å². The monoisotopic (exact) mass is 173 g/mol. The molecule has 0 fully saturated rings. The minimum Gasteiger partial charge on any atom is -0.240 e. The summed E-state index contributed by atoms with van der Waals surface area (Å²) in [6.07, 6.45) is 1.40. The molecule has 5 heteroatoms. The second-order valence-electron chi connectivity index (χ2n) is 2.34. The molecular formula is C7H12BF2N2. The van der Waals surface area contributed by atoms with Crippen LogP contribution in [0.1, 0.15) is 6.92 Å². The summed E-state index contributed by atoms with van der Waals surface area (Å²) in [4.78, 5) is 0. The minimum absolute atomic E-state index is 0.604. The van der Waals surface area contributed by atoms with Crippen molar-refractivity contribution < 1.29 is 8.78 Å². The van der Waals surface area contributed by atoms with Crippen LogP contribution in [-0.2, 0) is 0 Å². The molecule has 0 bridgehead atoms. The van der Waals surface area contributed by atoms with Gasteiger partial charge in [-0.2, -0.15) is 13.9 Å². The molecule has 0 aliphatic carbocycles. The van der Waals surface area contributed by atoms with Crippen molar-refractivity contribution in [3.8, 4) is 0 Å². The zero-order chi connectivity index (χ0) is 9.56. The van der Waals surface area contributed by atoms with E-state index in [1.165, 1.54) is 13.3 Å². The fraction of sp³-hybridized carbons (Fsp3) is 0.571. The SMILES string of the molecule is C[B]/C=C(C)/C=N\N(C)C(F)F. The third-order valence-corrected chi connectivity index (χ3v) is 1.16. The Morgan fingerprint density at radius 1 is 1.58 bits per heavy atom. The van der Waals surface area contributed by atoms with Crippen molar-refractivity contribution in [2.75, 3.05) is 7.05 Å². The van der Waals surface area contributed by atoms with E-state index >= 15 is 0 Å². The van der Waals surface area contributed by atoms with Crippen LogP contribution < -0.4 is 0 Å². The van der Waals surface area contributed by atoms with E-state index in [4.69, 9.17) is 0 Å². The highest BCUT2D eigenvalue weighted by Crippen LogP contribution is 1.99. The number of nitrogens with zero attached hydrogens (tertiary/aromatic N) is 2. The summed E-state index contributed by atoms with van der Waals surface area (Å²) in [5.41, 5.74) is 0.838. The van der Waals surface area contributed by atoms with Gasteiger partial charge in [-0.1, -0.05) is 6.82 Å². The molecule has 0 aromatic carbocycles. The number of hydrazone groups is 1. The second-order valence-corrected chi connectivity index (χ2v) is 2.34. The molecule has 0 saturated heterocycles. The highest BCUT2D eigenvalue weighted by atomic mass is 19.3. The van der Waals surface area contributed by atoms with Gasteiger partial charge in [-0.25, -0.2) is 5.01 Å². The van der Waals surface area contributed by atoms with E-state index in [9.17, 15) is 8.78 Å². The van der Waals surface area contributed by atoms with Gasteiger partial charge in [0, 0.05) is 13.3 Å². The maximum atomic E-state index is 11.8. The first-order valence-electron chi connectivity index (χ1n) is 3.59. The summed E-state index contributed by atoms with van der Waals surface area (Å²) in [5.74, 6) is 1.79. The van der Waals surface area contributed by atoms with Crippen LogP contribution in [0.5, 0.6) is 0 Å². The van der Waals surface area contributed by atoms with Gasteiger partial charge >= 0.3 is 6.55 Å². The van der Waals surface area contributed by atoms with E-state index in [1.807, 2.05) is 14.1 Å². The normalized spacial score (nSPS) is 12.7. The lowest BCUT2D eigenvalue weighted by atomic mass is 9.81. The molecule has 0 rings (SSSR count). The van der Waals surface area contributed by atoms with E-state index in [2.05, 4.69) is 5.10 Å². The fourth-order valence-corrected chi connectivity index (χ4v) is 0.538. The third-order valence-electron chi connectivity index (χ3n) is 1.16. The van der Waals surface area contributed by atoms with E-state index in [1.54, 1.807) is 12.9 Å². The highest BCUT2D eigenvalue weighted by Gasteiger charge is 2.05. The molecule has 0 aliphatic rings. The zero-order valence-corrected chi connectivity index (χ0v) is 7.46. The van der Waals surface area contributed by atoms with Crippen molar-refractivity contribution in [2.24, 2.45) is 5.10 Å². The number of hydrogen-bond donors (Lipinski definition) is 0. The summed E-state index contributed by atoms with van der Waals surface area (Å²) in [5, 5.41) is 4.12. The van der Waals surface area contributed by atoms with Crippen molar-refractivity contribution in [3.63, 3.8) is 0 Å². The predicted octanol–water partition coefficient (Wildman–Crippen LogP) is 1.78. The Kier molecular flexibility index (Phi) is 5.33. The van der Waals surface area contributed by atoms with Gasteiger partial charge in [-0.05, 0) is 12.5 Å². The van der Waals surface area contributed by atoms with E-state index in [0.717, 1.165) is 5.57 Å². The average molecular weight is 173 g/mol. The van der Waals surface area contributed by atoms with Crippen LogP contribution in [0, 0.1) is 0 Å². The van der Waals surface area contributed by atoms with E-state index in [0.29, 0.717) is 5.01 Å². The first-order chi connectivity index (χ1) is 5.57. The lowest BCUT2D eigenvalue weighted by Crippen LogP contribution is -2.17. The number of hydrogen-bond acceptors (Lipinski definition) is 2. The molecule has 12 heavy (non-hydrogen) atoms. The van der Waals surface area contributed by atoms with Gasteiger partial charge in [-0.3, -0.25) is 0 Å². The molecule has 0 saturated carbocycles. The Hall–Kier alpha value is -0.865. The topological polar surface area (TPSA) is 15.6 Å². The second kappa shape index (κ2) is 5.74. The Morgan fingerprint density at radius 2 is 2.17 bits per heavy atom. The van der Waals surface area contributed by atoms with Crippen molar-refractivity contribution in [1.82, 2.24) is 5.01 Å². The van der Waals surface area contributed by atoms with Gasteiger partial charge in [0.15, 0.2) is 0 Å². The van der Waals surface area contributed by atoms with Crippen LogP contribution >= 0.6 is 0 Å². The first kappa shape index (κ1) is 11.1. The number of rotatable bonds is 4. The van der Waals surface area contributed by atoms with Crippen LogP contribution in [0.15, 0.2) is 16.6 Å². The number of allylic oxidation sites excluding steroid dienone is 1. The molecule has 0 aromatic rings. The van der Waals surface area contributed by atoms with Gasteiger partial charge in [0.05, 0.1) is 0 Å². The number of alkyl halides is 2. The summed E-state index contributed by atoms with van der Waals surface area (Å²) >= 11 is 0. The lowest BCUT2D eigenvalue weighted by molar-refractivity contribution is -0.00703. The standard InChI is InChI=1S/C7H12BF2N2/c1-6(4-8-2)5-11-12(3)7(9)10/h4-5,7H,1-3H3/b6-4+,11-5-. The molecule has 0 heterocycles. The summed E-state index contributed by atoms with van der Waals surface area (Å²) in [6.45, 7) is 1.11. The van der Waals surface area contributed by atoms with Crippen molar-refractivity contribution >= 4 is 13.5 Å². The molecule has 67 valence electrons. The van der Waals surface area contributed by atoms with Crippen molar-refractivity contribution in [3.05, 3.63) is 11.5 Å². The number of halogens is 2. The van der Waals surface area contributed by atoms with Gasteiger partial charge in [0.2, 0.25) is 0 Å². The summed E-state index contributed by atoms with van der Waals surface area (Å²) < 4.78 is 23.7. The summed E-state index contributed by atoms with van der Waals surface area (Å²) in [7, 11) is 3.05. The Bertz CT molecular complexity index is 180. The zero-order valence-electron chi connectivity index (χ0n) is 7.46. The molecular weight excluding hydrogens is 161 g/mol. The van der Waals surface area contributed by atoms with Crippen LogP contribution in [0.2, 0.25) is 6.82 Å². The smallest absolute Gasteiger partial charge is 0.240 e. The first-order valence-corrected chi connectivity index (χ1v) is 3.59. The average Bonchev–Trinajstić information content (AvgIpc) is 2.00. The van der Waals surface area contributed by atoms with Crippen LogP contribution in [-0.4, -0.2) is 32.1 Å². The van der Waals surface area contributed by atoms with Crippen molar-refractivity contribution in [2.45, 2.75) is 20.3 Å². The van der Waals surface area contributed by atoms with Gasteiger partial charge < -0.3 is 0 Å². The highest BCUT2D eigenvalue weighted by molar-refractivity contribution is 6.41. The molecule has 0 unspecified atom stereocenters. The maximum Gasteiger partial charge on any atom is 0.329 e. The Morgan fingerprint density at radius 3 is 2.58 bits per heavy atom. The fourth-order valence-electron chi connectivity index (χ4n) is 0.538. The quantitative estimate of drug-likeness (QED) is 0.274. The molecule has 1 radical (unpaired) electrons. The Labute approximate surface area is 72.2 Å². The predicted molar refractivity (Wildman–Crippen MR) is 47.6 cm³/mol. The summed E-state index contributed by atoms with van der Waals surface area (Å²) in [6, 6.07) is 0. The molecule has 0 aliphatic heterocycles. The van der Waals surface area contributed by atoms with E-state index < -0.39 is 6.55 Å². The lowest BCUT2D eigenvalue weighted by Gasteiger charge is -2.09. The molecule has 0 spiro atoms. The minimum atomic E-state index is -2.54. The molecule has 2 nitrogen and oxygen atoms in total. The third kappa shape index (κ3) is 4.88.